The lowest BCUT2D eigenvalue weighted by atomic mass is 10.1. The van der Waals surface area contributed by atoms with Crippen molar-refractivity contribution in [3.05, 3.63) is 29.3 Å². The number of benzene rings is 1. The molecule has 1 heterocycles. The minimum Gasteiger partial charge on any atom is -0.481 e. The minimum absolute atomic E-state index is 0.00875. The largest absolute Gasteiger partial charge is 0.481 e. The molecule has 1 aromatic rings. The van der Waals surface area contributed by atoms with Gasteiger partial charge in [-0.15, -0.1) is 0 Å². The van der Waals surface area contributed by atoms with Crippen molar-refractivity contribution in [3.63, 3.8) is 0 Å². The third kappa shape index (κ3) is 1.78. The number of carboxylic acid groups (broad SMARTS) is 1. The van der Waals surface area contributed by atoms with Crippen LogP contribution in [0.25, 0.3) is 0 Å². The average molecular weight is 219 g/mol. The second-order valence-electron chi connectivity index (χ2n) is 3.94. The highest BCUT2D eigenvalue weighted by molar-refractivity contribution is 6.02. The van der Waals surface area contributed by atoms with Crippen LogP contribution < -0.4 is 4.90 Å². The summed E-state index contributed by atoms with van der Waals surface area (Å²) in [5.74, 6) is -0.889. The molecule has 0 radical (unpaired) electrons. The third-order valence-electron chi connectivity index (χ3n) is 2.85. The first kappa shape index (κ1) is 10.7. The summed E-state index contributed by atoms with van der Waals surface area (Å²) < 4.78 is 0. The van der Waals surface area contributed by atoms with Gasteiger partial charge in [0.15, 0.2) is 0 Å². The Bertz CT molecular complexity index is 454. The Labute approximate surface area is 93.5 Å². The predicted octanol–water partition coefficient (Wildman–Crippen LogP) is 1.36. The van der Waals surface area contributed by atoms with Crippen molar-refractivity contribution >= 4 is 17.6 Å². The Morgan fingerprint density at radius 1 is 1.50 bits per heavy atom. The van der Waals surface area contributed by atoms with E-state index in [1.807, 2.05) is 25.1 Å². The van der Waals surface area contributed by atoms with Crippen LogP contribution in [0.15, 0.2) is 18.2 Å². The molecule has 84 valence electrons. The molecule has 4 heteroatoms. The summed E-state index contributed by atoms with van der Waals surface area (Å²) in [5, 5.41) is 8.62. The number of aliphatic carboxylic acids is 1. The van der Waals surface area contributed by atoms with Gasteiger partial charge < -0.3 is 10.0 Å². The number of carboxylic acids is 1. The monoisotopic (exact) mass is 219 g/mol. The molecule has 2 rings (SSSR count). The molecule has 0 aromatic heterocycles. The number of amides is 1. The molecule has 0 bridgehead atoms. The molecule has 1 aliphatic rings. The van der Waals surface area contributed by atoms with Gasteiger partial charge in [-0.2, -0.15) is 0 Å². The maximum Gasteiger partial charge on any atom is 0.305 e. The molecule has 16 heavy (non-hydrogen) atoms. The summed E-state index contributed by atoms with van der Waals surface area (Å²) >= 11 is 0. The molecule has 0 saturated carbocycles. The van der Waals surface area contributed by atoms with Crippen molar-refractivity contribution in [2.24, 2.45) is 0 Å². The molecule has 1 amide bonds. The standard InChI is InChI=1S/C12H13NO3/c1-8-3-2-4-10-9(8)7-11(14)13(10)6-5-12(15)16/h2-4H,5-7H2,1H3,(H,15,16). The van der Waals surface area contributed by atoms with Gasteiger partial charge in [0, 0.05) is 12.2 Å². The summed E-state index contributed by atoms with van der Waals surface area (Å²) in [4.78, 5) is 23.8. The van der Waals surface area contributed by atoms with Crippen molar-refractivity contribution in [1.29, 1.82) is 0 Å². The van der Waals surface area contributed by atoms with Gasteiger partial charge in [-0.1, -0.05) is 12.1 Å². The van der Waals surface area contributed by atoms with Gasteiger partial charge in [-0.25, -0.2) is 0 Å². The number of fused-ring (bicyclic) bond motifs is 1. The molecule has 0 aliphatic carbocycles. The van der Waals surface area contributed by atoms with E-state index in [0.717, 1.165) is 16.8 Å². The lowest BCUT2D eigenvalue weighted by Crippen LogP contribution is -2.29. The number of anilines is 1. The van der Waals surface area contributed by atoms with Gasteiger partial charge in [0.1, 0.15) is 0 Å². The van der Waals surface area contributed by atoms with Crippen molar-refractivity contribution in [3.8, 4) is 0 Å². The number of carbonyl (C=O) groups excluding carboxylic acids is 1. The molecule has 0 saturated heterocycles. The van der Waals surface area contributed by atoms with E-state index in [4.69, 9.17) is 5.11 Å². The number of aryl methyl sites for hydroxylation is 1. The average Bonchev–Trinajstić information content (AvgIpc) is 2.53. The highest BCUT2D eigenvalue weighted by Gasteiger charge is 2.28. The fraction of sp³-hybridized carbons (Fsp3) is 0.333. The second kappa shape index (κ2) is 3.96. The first-order chi connectivity index (χ1) is 7.59. The van der Waals surface area contributed by atoms with Gasteiger partial charge >= 0.3 is 5.97 Å². The molecular formula is C12H13NO3. The number of nitrogens with zero attached hydrogens (tertiary/aromatic N) is 1. The lowest BCUT2D eigenvalue weighted by molar-refractivity contribution is -0.136. The number of hydrogen-bond donors (Lipinski definition) is 1. The molecule has 4 nitrogen and oxygen atoms in total. The van der Waals surface area contributed by atoms with Crippen molar-refractivity contribution in [2.75, 3.05) is 11.4 Å². The summed E-state index contributed by atoms with van der Waals surface area (Å²) in [6.07, 6.45) is 0.376. The smallest absolute Gasteiger partial charge is 0.305 e. The van der Waals surface area contributed by atoms with E-state index in [9.17, 15) is 9.59 Å². The van der Waals surface area contributed by atoms with Crippen molar-refractivity contribution < 1.29 is 14.7 Å². The van der Waals surface area contributed by atoms with E-state index in [2.05, 4.69) is 0 Å². The molecule has 0 spiro atoms. The first-order valence-corrected chi connectivity index (χ1v) is 5.20. The minimum atomic E-state index is -0.881. The fourth-order valence-electron chi connectivity index (χ4n) is 2.00. The molecule has 1 aromatic carbocycles. The second-order valence-corrected chi connectivity index (χ2v) is 3.94. The zero-order valence-electron chi connectivity index (χ0n) is 9.06. The van der Waals surface area contributed by atoms with Gasteiger partial charge in [-0.05, 0) is 24.1 Å². The van der Waals surface area contributed by atoms with E-state index in [1.165, 1.54) is 0 Å². The van der Waals surface area contributed by atoms with E-state index >= 15 is 0 Å². The van der Waals surface area contributed by atoms with E-state index in [1.54, 1.807) is 4.90 Å². The quantitative estimate of drug-likeness (QED) is 0.835. The van der Waals surface area contributed by atoms with Gasteiger partial charge in [-0.3, -0.25) is 9.59 Å². The van der Waals surface area contributed by atoms with Crippen LogP contribution in [0.2, 0.25) is 0 Å². The summed E-state index contributed by atoms with van der Waals surface area (Å²) in [6, 6.07) is 5.72. The molecule has 0 atom stereocenters. The van der Waals surface area contributed by atoms with Crippen LogP contribution in [0.3, 0.4) is 0 Å². The van der Waals surface area contributed by atoms with Gasteiger partial charge in [0.05, 0.1) is 12.8 Å². The number of hydrogen-bond acceptors (Lipinski definition) is 2. The van der Waals surface area contributed by atoms with Crippen LogP contribution in [0.5, 0.6) is 0 Å². The van der Waals surface area contributed by atoms with Crippen LogP contribution in [-0.4, -0.2) is 23.5 Å². The maximum atomic E-state index is 11.7. The van der Waals surface area contributed by atoms with Crippen LogP contribution in [0.4, 0.5) is 5.69 Å². The number of rotatable bonds is 3. The lowest BCUT2D eigenvalue weighted by Gasteiger charge is -2.16. The SMILES string of the molecule is Cc1cccc2c1CC(=O)N2CCC(=O)O. The predicted molar refractivity (Wildman–Crippen MR) is 59.5 cm³/mol. The Kier molecular flexibility index (Phi) is 2.64. The fourth-order valence-corrected chi connectivity index (χ4v) is 2.00. The zero-order chi connectivity index (χ0) is 11.7. The Morgan fingerprint density at radius 2 is 2.25 bits per heavy atom. The van der Waals surface area contributed by atoms with Gasteiger partial charge in [0.25, 0.3) is 0 Å². The van der Waals surface area contributed by atoms with Crippen molar-refractivity contribution in [2.45, 2.75) is 19.8 Å². The molecule has 1 N–H and O–H groups in total. The molecule has 0 fully saturated rings. The van der Waals surface area contributed by atoms with Gasteiger partial charge in [0.2, 0.25) is 5.91 Å². The molecular weight excluding hydrogens is 206 g/mol. The summed E-state index contributed by atoms with van der Waals surface area (Å²) in [5.41, 5.74) is 2.98. The van der Waals surface area contributed by atoms with Crippen LogP contribution in [0.1, 0.15) is 17.5 Å². The normalized spacial score (nSPS) is 14.1. The Morgan fingerprint density at radius 3 is 2.94 bits per heavy atom. The topological polar surface area (TPSA) is 57.6 Å². The zero-order valence-corrected chi connectivity index (χ0v) is 9.06. The van der Waals surface area contributed by atoms with Crippen molar-refractivity contribution in [1.82, 2.24) is 0 Å². The molecule has 1 aliphatic heterocycles. The van der Waals surface area contributed by atoms with E-state index in [-0.39, 0.29) is 18.9 Å². The molecule has 0 unspecified atom stereocenters. The maximum absolute atomic E-state index is 11.7. The van der Waals surface area contributed by atoms with Crippen LogP contribution in [-0.2, 0) is 16.0 Å². The van der Waals surface area contributed by atoms with Crippen LogP contribution in [0, 0.1) is 6.92 Å². The first-order valence-electron chi connectivity index (χ1n) is 5.20. The summed E-state index contributed by atoms with van der Waals surface area (Å²) in [6.45, 7) is 2.22. The third-order valence-corrected chi connectivity index (χ3v) is 2.85. The number of carbonyl (C=O) groups is 2. The highest BCUT2D eigenvalue weighted by atomic mass is 16.4. The van der Waals surface area contributed by atoms with E-state index in [0.29, 0.717) is 6.42 Å². The summed E-state index contributed by atoms with van der Waals surface area (Å²) in [7, 11) is 0. The van der Waals surface area contributed by atoms with Crippen LogP contribution >= 0.6 is 0 Å². The van der Waals surface area contributed by atoms with E-state index < -0.39 is 5.97 Å². The Balaban J connectivity index is 2.26. The Hall–Kier alpha value is -1.84. The highest BCUT2D eigenvalue weighted by Crippen LogP contribution is 2.31.